The average Bonchev–Trinajstić information content (AvgIpc) is 3.13. The average molecular weight is 345 g/mol. The van der Waals surface area contributed by atoms with E-state index in [2.05, 4.69) is 10.3 Å². The van der Waals surface area contributed by atoms with E-state index in [1.165, 1.54) is 23.7 Å². The first-order chi connectivity index (χ1) is 11.6. The summed E-state index contributed by atoms with van der Waals surface area (Å²) >= 11 is 1.35. The highest BCUT2D eigenvalue weighted by atomic mass is 32.1. The van der Waals surface area contributed by atoms with Crippen LogP contribution < -0.4 is 11.1 Å². The molecule has 0 spiro atoms. The van der Waals surface area contributed by atoms with E-state index >= 15 is 0 Å². The zero-order valence-corrected chi connectivity index (χ0v) is 13.5. The van der Waals surface area contributed by atoms with Gasteiger partial charge in [0.2, 0.25) is 0 Å². The molecule has 2 aromatic heterocycles. The summed E-state index contributed by atoms with van der Waals surface area (Å²) in [6.45, 7) is -0.450. The van der Waals surface area contributed by atoms with Gasteiger partial charge in [-0.15, -0.1) is 11.3 Å². The number of aryl methyl sites for hydroxylation is 1. The second kappa shape index (κ2) is 6.79. The number of fused-ring (bicyclic) bond motifs is 1. The van der Waals surface area contributed by atoms with Gasteiger partial charge < -0.3 is 15.8 Å². The number of hydrogen-bond donors (Lipinski definition) is 2. The molecule has 0 aromatic carbocycles. The van der Waals surface area contributed by atoms with Crippen LogP contribution in [0.4, 0.5) is 5.00 Å². The lowest BCUT2D eigenvalue weighted by atomic mass is 10.1. The van der Waals surface area contributed by atoms with Crippen LogP contribution >= 0.6 is 11.3 Å². The number of aromatic nitrogens is 1. The van der Waals surface area contributed by atoms with E-state index in [1.54, 1.807) is 12.1 Å². The summed E-state index contributed by atoms with van der Waals surface area (Å²) in [7, 11) is 0. The van der Waals surface area contributed by atoms with Crippen LogP contribution in [-0.4, -0.2) is 29.4 Å². The molecular weight excluding hydrogens is 330 g/mol. The van der Waals surface area contributed by atoms with Crippen LogP contribution in [0.5, 0.6) is 0 Å². The van der Waals surface area contributed by atoms with Crippen molar-refractivity contribution in [1.29, 1.82) is 0 Å². The Balaban J connectivity index is 1.64. The number of amides is 2. The molecule has 2 aromatic rings. The van der Waals surface area contributed by atoms with Crippen LogP contribution in [0.3, 0.4) is 0 Å². The van der Waals surface area contributed by atoms with Gasteiger partial charge in [0.05, 0.1) is 11.1 Å². The van der Waals surface area contributed by atoms with Crippen molar-refractivity contribution >= 4 is 34.1 Å². The molecule has 3 N–H and O–H groups in total. The first kappa shape index (κ1) is 16.1. The zero-order valence-electron chi connectivity index (χ0n) is 12.7. The highest BCUT2D eigenvalue weighted by Gasteiger charge is 2.26. The van der Waals surface area contributed by atoms with Crippen molar-refractivity contribution in [3.8, 4) is 0 Å². The Morgan fingerprint density at radius 3 is 2.88 bits per heavy atom. The molecule has 24 heavy (non-hydrogen) atoms. The molecule has 2 heterocycles. The molecule has 0 bridgehead atoms. The Kier molecular flexibility index (Phi) is 4.57. The number of ether oxygens (including phenoxy) is 1. The number of carbonyl (C=O) groups excluding carboxylic acids is 3. The number of carbonyl (C=O) groups is 3. The van der Waals surface area contributed by atoms with Gasteiger partial charge in [-0.2, -0.15) is 0 Å². The zero-order chi connectivity index (χ0) is 17.1. The van der Waals surface area contributed by atoms with E-state index in [0.717, 1.165) is 29.7 Å². The van der Waals surface area contributed by atoms with Gasteiger partial charge in [-0.1, -0.05) is 0 Å². The number of nitrogens with two attached hydrogens (primary N) is 1. The Morgan fingerprint density at radius 2 is 2.17 bits per heavy atom. The van der Waals surface area contributed by atoms with Crippen molar-refractivity contribution in [3.05, 3.63) is 46.1 Å². The van der Waals surface area contributed by atoms with Gasteiger partial charge in [-0.05, 0) is 37.0 Å². The monoisotopic (exact) mass is 345 g/mol. The Hall–Kier alpha value is -2.74. The molecule has 0 unspecified atom stereocenters. The Bertz CT molecular complexity index is 801. The Labute approximate surface area is 141 Å². The quantitative estimate of drug-likeness (QED) is 0.798. The van der Waals surface area contributed by atoms with Crippen LogP contribution in [-0.2, 0) is 22.4 Å². The first-order valence-electron chi connectivity index (χ1n) is 7.37. The lowest BCUT2D eigenvalue weighted by molar-refractivity contribution is -0.119. The van der Waals surface area contributed by atoms with E-state index in [1.807, 2.05) is 0 Å². The van der Waals surface area contributed by atoms with E-state index in [4.69, 9.17) is 10.5 Å². The fourth-order valence-corrected chi connectivity index (χ4v) is 3.92. The van der Waals surface area contributed by atoms with Gasteiger partial charge in [0.1, 0.15) is 5.00 Å². The summed E-state index contributed by atoms with van der Waals surface area (Å²) in [6.07, 6.45) is 5.54. The van der Waals surface area contributed by atoms with Crippen LogP contribution in [0.15, 0.2) is 24.5 Å². The fourth-order valence-electron chi connectivity index (χ4n) is 2.61. The summed E-state index contributed by atoms with van der Waals surface area (Å²) in [5.41, 5.74) is 6.99. The minimum absolute atomic E-state index is 0.262. The molecule has 124 valence electrons. The van der Waals surface area contributed by atoms with Crippen molar-refractivity contribution in [2.45, 2.75) is 19.3 Å². The minimum Gasteiger partial charge on any atom is -0.452 e. The predicted octanol–water partition coefficient (Wildman–Crippen LogP) is 1.53. The maximum atomic E-state index is 12.0. The third kappa shape index (κ3) is 3.28. The molecule has 0 atom stereocenters. The molecule has 3 rings (SSSR count). The number of pyridine rings is 1. The standard InChI is InChI=1S/C16H15N3O4S/c17-14(21)13-10-4-1-5-11(10)24-15(13)19-12(20)8-23-16(22)9-3-2-6-18-7-9/h2-3,6-7H,1,4-5,8H2,(H2,17,21)(H,19,20). The number of nitrogens with zero attached hydrogens (tertiary/aromatic N) is 1. The molecule has 2 amide bonds. The van der Waals surface area contributed by atoms with E-state index in [9.17, 15) is 14.4 Å². The fraction of sp³-hybridized carbons (Fsp3) is 0.250. The lowest BCUT2D eigenvalue weighted by Gasteiger charge is -2.07. The number of rotatable bonds is 5. The third-order valence-electron chi connectivity index (χ3n) is 3.65. The van der Waals surface area contributed by atoms with Crippen molar-refractivity contribution in [2.75, 3.05) is 11.9 Å². The summed E-state index contributed by atoms with van der Waals surface area (Å²) in [4.78, 5) is 40.3. The van der Waals surface area contributed by atoms with Gasteiger partial charge in [-0.3, -0.25) is 14.6 Å². The molecule has 0 saturated heterocycles. The normalized spacial score (nSPS) is 12.5. The first-order valence-corrected chi connectivity index (χ1v) is 8.19. The number of primary amides is 1. The molecule has 1 aliphatic carbocycles. The van der Waals surface area contributed by atoms with Crippen LogP contribution in [0.1, 0.15) is 37.6 Å². The van der Waals surface area contributed by atoms with Gasteiger partial charge in [0.15, 0.2) is 6.61 Å². The van der Waals surface area contributed by atoms with E-state index in [0.29, 0.717) is 10.6 Å². The molecule has 0 radical (unpaired) electrons. The van der Waals surface area contributed by atoms with Crippen molar-refractivity contribution in [3.63, 3.8) is 0 Å². The largest absolute Gasteiger partial charge is 0.452 e. The van der Waals surface area contributed by atoms with Gasteiger partial charge >= 0.3 is 5.97 Å². The highest BCUT2D eigenvalue weighted by Crippen LogP contribution is 2.38. The van der Waals surface area contributed by atoms with Crippen molar-refractivity contribution in [1.82, 2.24) is 4.98 Å². The van der Waals surface area contributed by atoms with Crippen molar-refractivity contribution < 1.29 is 19.1 Å². The second-order valence-corrected chi connectivity index (χ2v) is 6.40. The molecule has 0 fully saturated rings. The topological polar surface area (TPSA) is 111 Å². The summed E-state index contributed by atoms with van der Waals surface area (Å²) < 4.78 is 4.94. The van der Waals surface area contributed by atoms with Crippen LogP contribution in [0.2, 0.25) is 0 Å². The summed E-state index contributed by atoms with van der Waals surface area (Å²) in [5.74, 6) is -1.71. The maximum Gasteiger partial charge on any atom is 0.340 e. The number of nitrogens with one attached hydrogen (secondary N) is 1. The molecular formula is C16H15N3O4S. The predicted molar refractivity (Wildman–Crippen MR) is 88.0 cm³/mol. The molecule has 7 nitrogen and oxygen atoms in total. The molecule has 8 heteroatoms. The van der Waals surface area contributed by atoms with Gasteiger partial charge in [0, 0.05) is 17.3 Å². The number of anilines is 1. The Morgan fingerprint density at radius 1 is 1.33 bits per heavy atom. The van der Waals surface area contributed by atoms with E-state index < -0.39 is 24.4 Å². The minimum atomic E-state index is -0.637. The summed E-state index contributed by atoms with van der Waals surface area (Å²) in [5, 5.41) is 3.04. The van der Waals surface area contributed by atoms with E-state index in [-0.39, 0.29) is 5.56 Å². The van der Waals surface area contributed by atoms with Gasteiger partial charge in [0.25, 0.3) is 11.8 Å². The van der Waals surface area contributed by atoms with Crippen LogP contribution in [0.25, 0.3) is 0 Å². The SMILES string of the molecule is NC(=O)c1c(NC(=O)COC(=O)c2cccnc2)sc2c1CCC2. The number of thiophene rings is 1. The summed E-state index contributed by atoms with van der Waals surface area (Å²) in [6, 6.07) is 3.14. The smallest absolute Gasteiger partial charge is 0.340 e. The van der Waals surface area contributed by atoms with Gasteiger partial charge in [-0.25, -0.2) is 4.79 Å². The lowest BCUT2D eigenvalue weighted by Crippen LogP contribution is -2.22. The molecule has 0 saturated carbocycles. The van der Waals surface area contributed by atoms with Crippen LogP contribution in [0, 0.1) is 0 Å². The highest BCUT2D eigenvalue weighted by molar-refractivity contribution is 7.17. The number of hydrogen-bond acceptors (Lipinski definition) is 6. The maximum absolute atomic E-state index is 12.0. The third-order valence-corrected chi connectivity index (χ3v) is 4.86. The molecule has 1 aliphatic rings. The second-order valence-electron chi connectivity index (χ2n) is 5.29. The van der Waals surface area contributed by atoms with Crippen molar-refractivity contribution in [2.24, 2.45) is 5.73 Å². The molecule has 0 aliphatic heterocycles. The number of esters is 1.